The molecule has 2 aromatic rings. The molecule has 1 fully saturated rings. The first-order chi connectivity index (χ1) is 6.77. The number of aryl methyl sites for hydroxylation is 1. The van der Waals surface area contributed by atoms with Gasteiger partial charge in [0.2, 0.25) is 0 Å². The Morgan fingerprint density at radius 3 is 2.71 bits per heavy atom. The number of para-hydroxylation sites is 1. The van der Waals surface area contributed by atoms with E-state index in [0.717, 1.165) is 6.42 Å². The van der Waals surface area contributed by atoms with Gasteiger partial charge >= 0.3 is 0 Å². The minimum Gasteiger partial charge on any atom is -0.347 e. The van der Waals surface area contributed by atoms with E-state index in [1.807, 2.05) is 0 Å². The van der Waals surface area contributed by atoms with Gasteiger partial charge in [0.05, 0.1) is 0 Å². The molecule has 1 saturated carbocycles. The van der Waals surface area contributed by atoms with E-state index < -0.39 is 0 Å². The fraction of sp³-hybridized carbons (Fsp3) is 0.333. The van der Waals surface area contributed by atoms with Gasteiger partial charge in [-0.1, -0.05) is 18.2 Å². The third-order valence-electron chi connectivity index (χ3n) is 3.21. The highest BCUT2D eigenvalue weighted by atomic mass is 15.0. The molecule has 2 unspecified atom stereocenters. The van der Waals surface area contributed by atoms with Crippen LogP contribution in [0.4, 0.5) is 0 Å². The van der Waals surface area contributed by atoms with E-state index >= 15 is 0 Å². The van der Waals surface area contributed by atoms with Crippen molar-refractivity contribution < 1.29 is 0 Å². The van der Waals surface area contributed by atoms with Crippen LogP contribution in [0.25, 0.3) is 10.9 Å². The summed E-state index contributed by atoms with van der Waals surface area (Å²) in [6, 6.07) is 11.1. The summed E-state index contributed by atoms with van der Waals surface area (Å²) in [5.74, 6) is 0.590. The molecule has 2 heteroatoms. The lowest BCUT2D eigenvalue weighted by atomic mass is 10.2. The lowest BCUT2D eigenvalue weighted by Crippen LogP contribution is -2.03. The molecule has 0 aliphatic heterocycles. The zero-order valence-electron chi connectivity index (χ0n) is 8.27. The third-order valence-corrected chi connectivity index (χ3v) is 3.21. The second kappa shape index (κ2) is 2.61. The largest absolute Gasteiger partial charge is 0.347 e. The van der Waals surface area contributed by atoms with Crippen molar-refractivity contribution >= 4 is 10.9 Å². The van der Waals surface area contributed by atoms with Crippen molar-refractivity contribution in [1.82, 2.24) is 4.57 Å². The Balaban J connectivity index is 2.21. The number of hydrogen-bond acceptors (Lipinski definition) is 1. The monoisotopic (exact) mass is 186 g/mol. The molecule has 2 nitrogen and oxygen atoms in total. The van der Waals surface area contributed by atoms with Crippen molar-refractivity contribution in [3.63, 3.8) is 0 Å². The number of hydrogen-bond donors (Lipinski definition) is 1. The summed E-state index contributed by atoms with van der Waals surface area (Å²) < 4.78 is 2.27. The fourth-order valence-electron chi connectivity index (χ4n) is 2.22. The Bertz CT molecular complexity index is 484. The maximum Gasteiger partial charge on any atom is 0.0479 e. The molecule has 0 radical (unpaired) electrons. The molecule has 1 aromatic carbocycles. The Morgan fingerprint density at radius 1 is 1.36 bits per heavy atom. The Labute approximate surface area is 83.3 Å². The van der Waals surface area contributed by atoms with E-state index in [4.69, 9.17) is 5.73 Å². The quantitative estimate of drug-likeness (QED) is 0.725. The highest BCUT2D eigenvalue weighted by Crippen LogP contribution is 2.40. The molecule has 3 rings (SSSR count). The predicted molar refractivity (Wildman–Crippen MR) is 58.3 cm³/mol. The van der Waals surface area contributed by atoms with Crippen LogP contribution in [0.1, 0.15) is 18.0 Å². The summed E-state index contributed by atoms with van der Waals surface area (Å²) in [5.41, 5.74) is 8.57. The topological polar surface area (TPSA) is 30.9 Å². The SMILES string of the molecule is Cn1c(C2CC2N)cc2ccccc21. The first kappa shape index (κ1) is 8.06. The zero-order chi connectivity index (χ0) is 9.71. The highest BCUT2D eigenvalue weighted by molar-refractivity contribution is 5.81. The van der Waals surface area contributed by atoms with Gasteiger partial charge in [-0.05, 0) is 23.9 Å². The van der Waals surface area contributed by atoms with E-state index in [-0.39, 0.29) is 0 Å². The minimum atomic E-state index is 0.387. The summed E-state index contributed by atoms with van der Waals surface area (Å²) in [7, 11) is 2.13. The van der Waals surface area contributed by atoms with Crippen LogP contribution in [0.3, 0.4) is 0 Å². The number of fused-ring (bicyclic) bond motifs is 1. The average Bonchev–Trinajstić information content (AvgIpc) is 2.82. The van der Waals surface area contributed by atoms with Crippen LogP contribution in [0.15, 0.2) is 30.3 Å². The summed E-state index contributed by atoms with van der Waals surface area (Å²) >= 11 is 0. The number of benzene rings is 1. The summed E-state index contributed by atoms with van der Waals surface area (Å²) in [6.45, 7) is 0. The summed E-state index contributed by atoms with van der Waals surface area (Å²) in [4.78, 5) is 0. The fourth-order valence-corrected chi connectivity index (χ4v) is 2.22. The lowest BCUT2D eigenvalue weighted by Gasteiger charge is -2.01. The van der Waals surface area contributed by atoms with Crippen LogP contribution in [-0.2, 0) is 7.05 Å². The molecule has 0 saturated heterocycles. The van der Waals surface area contributed by atoms with E-state index in [2.05, 4.69) is 41.9 Å². The summed E-state index contributed by atoms with van der Waals surface area (Å²) in [6.07, 6.45) is 1.14. The molecule has 14 heavy (non-hydrogen) atoms. The molecular formula is C12H14N2. The third kappa shape index (κ3) is 1.01. The van der Waals surface area contributed by atoms with E-state index in [9.17, 15) is 0 Å². The maximum atomic E-state index is 5.88. The van der Waals surface area contributed by atoms with E-state index in [1.165, 1.54) is 16.6 Å². The molecule has 1 aliphatic carbocycles. The van der Waals surface area contributed by atoms with Crippen molar-refractivity contribution in [1.29, 1.82) is 0 Å². The molecule has 1 aromatic heterocycles. The number of aromatic nitrogens is 1. The average molecular weight is 186 g/mol. The van der Waals surface area contributed by atoms with Crippen molar-refractivity contribution in [2.75, 3.05) is 0 Å². The van der Waals surface area contributed by atoms with Gasteiger partial charge in [-0.25, -0.2) is 0 Å². The molecule has 2 N–H and O–H groups in total. The smallest absolute Gasteiger partial charge is 0.0479 e. The zero-order valence-corrected chi connectivity index (χ0v) is 8.27. The van der Waals surface area contributed by atoms with Gasteiger partial charge in [0.25, 0.3) is 0 Å². The highest BCUT2D eigenvalue weighted by Gasteiger charge is 2.36. The molecule has 72 valence electrons. The normalized spacial score (nSPS) is 25.6. The standard InChI is InChI=1S/C12H14N2/c1-14-11-5-3-2-4-8(11)6-12(14)9-7-10(9)13/h2-6,9-10H,7,13H2,1H3. The maximum absolute atomic E-state index is 5.88. The second-order valence-corrected chi connectivity index (χ2v) is 4.19. The summed E-state index contributed by atoms with van der Waals surface area (Å²) in [5, 5.41) is 1.32. The van der Waals surface area contributed by atoms with Crippen LogP contribution in [0.5, 0.6) is 0 Å². The van der Waals surface area contributed by atoms with Crippen LogP contribution < -0.4 is 5.73 Å². The minimum absolute atomic E-state index is 0.387. The number of nitrogens with zero attached hydrogens (tertiary/aromatic N) is 1. The van der Waals surface area contributed by atoms with Crippen molar-refractivity contribution in [2.45, 2.75) is 18.4 Å². The van der Waals surface area contributed by atoms with E-state index in [0.29, 0.717) is 12.0 Å². The van der Waals surface area contributed by atoms with Gasteiger partial charge in [-0.3, -0.25) is 0 Å². The molecule has 0 spiro atoms. The van der Waals surface area contributed by atoms with Crippen LogP contribution in [0.2, 0.25) is 0 Å². The van der Waals surface area contributed by atoms with E-state index in [1.54, 1.807) is 0 Å². The second-order valence-electron chi connectivity index (χ2n) is 4.19. The first-order valence-corrected chi connectivity index (χ1v) is 5.07. The molecular weight excluding hydrogens is 172 g/mol. The van der Waals surface area contributed by atoms with Crippen molar-refractivity contribution in [3.05, 3.63) is 36.0 Å². The van der Waals surface area contributed by atoms with Crippen molar-refractivity contribution in [3.8, 4) is 0 Å². The van der Waals surface area contributed by atoms with Crippen LogP contribution in [0, 0.1) is 0 Å². The van der Waals surface area contributed by atoms with Crippen LogP contribution >= 0.6 is 0 Å². The molecule has 2 atom stereocenters. The number of rotatable bonds is 1. The lowest BCUT2D eigenvalue weighted by molar-refractivity contribution is 0.836. The molecule has 1 aliphatic rings. The van der Waals surface area contributed by atoms with Gasteiger partial charge in [0.15, 0.2) is 0 Å². The Morgan fingerprint density at radius 2 is 2.07 bits per heavy atom. The Hall–Kier alpha value is -1.28. The first-order valence-electron chi connectivity index (χ1n) is 5.07. The molecule has 0 bridgehead atoms. The van der Waals surface area contributed by atoms with Gasteiger partial charge in [-0.2, -0.15) is 0 Å². The number of nitrogens with two attached hydrogens (primary N) is 1. The predicted octanol–water partition coefficient (Wildman–Crippen LogP) is 1.99. The molecule has 1 heterocycles. The van der Waals surface area contributed by atoms with Crippen molar-refractivity contribution in [2.24, 2.45) is 12.8 Å². The van der Waals surface area contributed by atoms with Crippen LogP contribution in [-0.4, -0.2) is 10.6 Å². The van der Waals surface area contributed by atoms with Gasteiger partial charge < -0.3 is 10.3 Å². The van der Waals surface area contributed by atoms with Gasteiger partial charge in [-0.15, -0.1) is 0 Å². The molecule has 0 amide bonds. The van der Waals surface area contributed by atoms with Gasteiger partial charge in [0, 0.05) is 30.2 Å². The van der Waals surface area contributed by atoms with Gasteiger partial charge in [0.1, 0.15) is 0 Å². The Kier molecular flexibility index (Phi) is 1.50.